The molecule has 0 spiro atoms. The van der Waals surface area contributed by atoms with Gasteiger partial charge in [-0.25, -0.2) is 0 Å². The molecule has 1 saturated heterocycles. The summed E-state index contributed by atoms with van der Waals surface area (Å²) < 4.78 is 0. The predicted octanol–water partition coefficient (Wildman–Crippen LogP) is 2.79. The molecule has 1 fully saturated rings. The lowest BCUT2D eigenvalue weighted by Gasteiger charge is -2.38. The second-order valence-electron chi connectivity index (χ2n) is 6.90. The first kappa shape index (κ1) is 16.0. The number of fused-ring (bicyclic) bond motifs is 1. The molecule has 2 aliphatic rings. The largest absolute Gasteiger partial charge is 0.368 e. The Balaban J connectivity index is 1.39. The van der Waals surface area contributed by atoms with Crippen molar-refractivity contribution in [1.29, 1.82) is 0 Å². The molecule has 25 heavy (non-hydrogen) atoms. The van der Waals surface area contributed by atoms with Gasteiger partial charge in [-0.05, 0) is 37.1 Å². The van der Waals surface area contributed by atoms with Crippen LogP contribution in [0.1, 0.15) is 12.5 Å². The molecule has 0 N–H and O–H groups in total. The average molecular weight is 335 g/mol. The van der Waals surface area contributed by atoms with Crippen LogP contribution in [0.25, 0.3) is 0 Å². The number of nitrogens with zero attached hydrogens (tertiary/aromatic N) is 3. The SMILES string of the molecule is C[C@@H](C(=O)N1CCN(c2ccccc2)CC1)N1CCc2ccccc21. The van der Waals surface area contributed by atoms with Crippen molar-refractivity contribution >= 4 is 17.3 Å². The summed E-state index contributed by atoms with van der Waals surface area (Å²) in [6.07, 6.45) is 1.04. The lowest BCUT2D eigenvalue weighted by atomic mass is 10.1. The number of anilines is 2. The monoisotopic (exact) mass is 335 g/mol. The zero-order valence-corrected chi connectivity index (χ0v) is 14.8. The van der Waals surface area contributed by atoms with Gasteiger partial charge in [0.2, 0.25) is 5.91 Å². The number of amides is 1. The van der Waals surface area contributed by atoms with E-state index in [1.165, 1.54) is 16.9 Å². The van der Waals surface area contributed by atoms with Crippen molar-refractivity contribution in [2.45, 2.75) is 19.4 Å². The van der Waals surface area contributed by atoms with Crippen molar-refractivity contribution < 1.29 is 4.79 Å². The van der Waals surface area contributed by atoms with Gasteiger partial charge in [-0.2, -0.15) is 0 Å². The van der Waals surface area contributed by atoms with Crippen molar-refractivity contribution in [3.63, 3.8) is 0 Å². The van der Waals surface area contributed by atoms with Gasteiger partial charge in [-0.3, -0.25) is 4.79 Å². The first-order valence-corrected chi connectivity index (χ1v) is 9.17. The molecule has 0 radical (unpaired) electrons. The second kappa shape index (κ2) is 6.79. The van der Waals surface area contributed by atoms with Crippen LogP contribution < -0.4 is 9.80 Å². The number of hydrogen-bond acceptors (Lipinski definition) is 3. The minimum Gasteiger partial charge on any atom is -0.368 e. The summed E-state index contributed by atoms with van der Waals surface area (Å²) in [7, 11) is 0. The molecule has 4 heteroatoms. The molecule has 0 unspecified atom stereocenters. The third-order valence-electron chi connectivity index (χ3n) is 5.46. The molecule has 0 aliphatic carbocycles. The third-order valence-corrected chi connectivity index (χ3v) is 5.46. The highest BCUT2D eigenvalue weighted by Crippen LogP contribution is 2.29. The van der Waals surface area contributed by atoms with E-state index < -0.39 is 0 Å². The number of benzene rings is 2. The summed E-state index contributed by atoms with van der Waals surface area (Å²) in [4.78, 5) is 19.7. The standard InChI is InChI=1S/C21H25N3O/c1-17(24-12-11-18-7-5-6-10-20(18)24)21(25)23-15-13-22(14-16-23)19-8-3-2-4-9-19/h2-10,17H,11-16H2,1H3/t17-/m0/s1. The van der Waals surface area contributed by atoms with Gasteiger partial charge in [-0.1, -0.05) is 36.4 Å². The first-order chi connectivity index (χ1) is 12.2. The van der Waals surface area contributed by atoms with Crippen LogP contribution >= 0.6 is 0 Å². The smallest absolute Gasteiger partial charge is 0.245 e. The zero-order valence-electron chi connectivity index (χ0n) is 14.8. The number of para-hydroxylation sites is 2. The summed E-state index contributed by atoms with van der Waals surface area (Å²) >= 11 is 0. The van der Waals surface area contributed by atoms with E-state index in [2.05, 4.69) is 58.3 Å². The van der Waals surface area contributed by atoms with E-state index >= 15 is 0 Å². The Morgan fingerprint density at radius 3 is 2.32 bits per heavy atom. The lowest BCUT2D eigenvalue weighted by Crippen LogP contribution is -2.54. The Kier molecular flexibility index (Phi) is 4.35. The molecule has 4 nitrogen and oxygen atoms in total. The molecule has 2 aromatic rings. The van der Waals surface area contributed by atoms with Gasteiger partial charge in [0, 0.05) is 44.1 Å². The summed E-state index contributed by atoms with van der Waals surface area (Å²) in [5.41, 5.74) is 3.83. The van der Waals surface area contributed by atoms with Crippen LogP contribution in [-0.4, -0.2) is 49.6 Å². The Labute approximate surface area is 149 Å². The van der Waals surface area contributed by atoms with Crippen LogP contribution in [0.5, 0.6) is 0 Å². The summed E-state index contributed by atoms with van der Waals surface area (Å²) in [5.74, 6) is 0.254. The van der Waals surface area contributed by atoms with Crippen LogP contribution in [0.4, 0.5) is 11.4 Å². The highest BCUT2D eigenvalue weighted by Gasteiger charge is 2.31. The zero-order chi connectivity index (χ0) is 17.2. The Morgan fingerprint density at radius 1 is 0.880 bits per heavy atom. The molecular formula is C21H25N3O. The van der Waals surface area contributed by atoms with Gasteiger partial charge in [0.05, 0.1) is 0 Å². The maximum Gasteiger partial charge on any atom is 0.245 e. The van der Waals surface area contributed by atoms with E-state index in [1.54, 1.807) is 0 Å². The fraction of sp³-hybridized carbons (Fsp3) is 0.381. The molecule has 2 aliphatic heterocycles. The number of piperazine rings is 1. The molecule has 2 aromatic carbocycles. The molecule has 0 aromatic heterocycles. The highest BCUT2D eigenvalue weighted by atomic mass is 16.2. The van der Waals surface area contributed by atoms with E-state index in [-0.39, 0.29) is 11.9 Å². The van der Waals surface area contributed by atoms with Crippen LogP contribution in [0.15, 0.2) is 54.6 Å². The molecule has 130 valence electrons. The fourth-order valence-electron chi connectivity index (χ4n) is 3.99. The quantitative estimate of drug-likeness (QED) is 0.863. The maximum atomic E-state index is 13.0. The average Bonchev–Trinajstić information content (AvgIpc) is 3.12. The minimum absolute atomic E-state index is 0.0908. The molecular weight excluding hydrogens is 310 g/mol. The van der Waals surface area contributed by atoms with Crippen LogP contribution in [0, 0.1) is 0 Å². The third kappa shape index (κ3) is 3.09. The fourth-order valence-corrected chi connectivity index (χ4v) is 3.99. The van der Waals surface area contributed by atoms with Gasteiger partial charge in [-0.15, -0.1) is 0 Å². The second-order valence-corrected chi connectivity index (χ2v) is 6.90. The molecule has 1 atom stereocenters. The van der Waals surface area contributed by atoms with Gasteiger partial charge in [0.15, 0.2) is 0 Å². The van der Waals surface area contributed by atoms with Crippen molar-refractivity contribution in [1.82, 2.24) is 4.90 Å². The minimum atomic E-state index is -0.0908. The molecule has 2 heterocycles. The molecule has 0 saturated carbocycles. The van der Waals surface area contributed by atoms with E-state index in [0.717, 1.165) is 39.1 Å². The highest BCUT2D eigenvalue weighted by molar-refractivity contribution is 5.86. The van der Waals surface area contributed by atoms with E-state index in [1.807, 2.05) is 17.9 Å². The summed E-state index contributed by atoms with van der Waals surface area (Å²) in [5, 5.41) is 0. The van der Waals surface area contributed by atoms with Gasteiger partial charge >= 0.3 is 0 Å². The van der Waals surface area contributed by atoms with Gasteiger partial charge in [0.1, 0.15) is 6.04 Å². The van der Waals surface area contributed by atoms with E-state index in [0.29, 0.717) is 0 Å². The molecule has 4 rings (SSSR count). The Hall–Kier alpha value is -2.49. The Bertz CT molecular complexity index is 738. The van der Waals surface area contributed by atoms with Crippen LogP contribution in [-0.2, 0) is 11.2 Å². The Morgan fingerprint density at radius 2 is 1.56 bits per heavy atom. The maximum absolute atomic E-state index is 13.0. The van der Waals surface area contributed by atoms with Gasteiger partial charge < -0.3 is 14.7 Å². The first-order valence-electron chi connectivity index (χ1n) is 9.17. The normalized spacial score (nSPS) is 18.2. The van der Waals surface area contributed by atoms with Crippen molar-refractivity contribution in [3.05, 3.63) is 60.2 Å². The van der Waals surface area contributed by atoms with Crippen LogP contribution in [0.2, 0.25) is 0 Å². The lowest BCUT2D eigenvalue weighted by molar-refractivity contribution is -0.132. The summed E-state index contributed by atoms with van der Waals surface area (Å²) in [6.45, 7) is 6.39. The number of carbonyl (C=O) groups is 1. The number of rotatable bonds is 3. The van der Waals surface area contributed by atoms with Crippen molar-refractivity contribution in [3.8, 4) is 0 Å². The van der Waals surface area contributed by atoms with E-state index in [4.69, 9.17) is 0 Å². The molecule has 1 amide bonds. The van der Waals surface area contributed by atoms with Crippen molar-refractivity contribution in [2.75, 3.05) is 42.5 Å². The summed E-state index contributed by atoms with van der Waals surface area (Å²) in [6, 6.07) is 18.8. The predicted molar refractivity (Wildman–Crippen MR) is 102 cm³/mol. The van der Waals surface area contributed by atoms with Crippen LogP contribution in [0.3, 0.4) is 0 Å². The number of carbonyl (C=O) groups excluding carboxylic acids is 1. The van der Waals surface area contributed by atoms with Crippen molar-refractivity contribution in [2.24, 2.45) is 0 Å². The number of hydrogen-bond donors (Lipinski definition) is 0. The van der Waals surface area contributed by atoms with Gasteiger partial charge in [0.25, 0.3) is 0 Å². The van der Waals surface area contributed by atoms with E-state index in [9.17, 15) is 4.79 Å². The topological polar surface area (TPSA) is 26.8 Å². The molecule has 0 bridgehead atoms.